The van der Waals surface area contributed by atoms with E-state index in [4.69, 9.17) is 0 Å². The van der Waals surface area contributed by atoms with Crippen LogP contribution in [0.1, 0.15) is 81.0 Å². The van der Waals surface area contributed by atoms with Gasteiger partial charge in [0.1, 0.15) is 0 Å². The van der Waals surface area contributed by atoms with Crippen LogP contribution in [-0.4, -0.2) is 47.1 Å². The molecular formula is C32H30N2O6. The third kappa shape index (κ3) is 4.25. The van der Waals surface area contributed by atoms with Crippen molar-refractivity contribution in [2.45, 2.75) is 39.5 Å². The zero-order valence-electron chi connectivity index (χ0n) is 22.4. The second kappa shape index (κ2) is 10.8. The summed E-state index contributed by atoms with van der Waals surface area (Å²) in [4.78, 5) is 53.1. The number of nitrogens with one attached hydrogen (secondary N) is 2. The number of rotatable bonds is 10. The van der Waals surface area contributed by atoms with E-state index in [0.29, 0.717) is 40.9 Å². The van der Waals surface area contributed by atoms with E-state index in [1.807, 2.05) is 50.2 Å². The van der Waals surface area contributed by atoms with Crippen molar-refractivity contribution in [2.24, 2.45) is 0 Å². The molecule has 0 aliphatic heterocycles. The summed E-state index contributed by atoms with van der Waals surface area (Å²) in [6.07, 6.45) is 2.98. The molecule has 0 saturated heterocycles. The fraction of sp³-hybridized carbons (Fsp3) is 0.250. The molecule has 0 fully saturated rings. The Balaban J connectivity index is 2.07. The van der Waals surface area contributed by atoms with Gasteiger partial charge in [-0.05, 0) is 51.2 Å². The van der Waals surface area contributed by atoms with Crippen molar-refractivity contribution in [3.05, 3.63) is 70.8 Å². The van der Waals surface area contributed by atoms with Gasteiger partial charge in [-0.25, -0.2) is 9.59 Å². The normalized spacial score (nSPS) is 11.4. The summed E-state index contributed by atoms with van der Waals surface area (Å²) in [6.45, 7) is 4.57. The number of benzene rings is 5. The number of carbonyl (C=O) groups excluding carboxylic acids is 2. The van der Waals surface area contributed by atoms with Crippen molar-refractivity contribution >= 4 is 66.8 Å². The first-order chi connectivity index (χ1) is 19.3. The van der Waals surface area contributed by atoms with Gasteiger partial charge in [0.2, 0.25) is 0 Å². The fourth-order valence-electron chi connectivity index (χ4n) is 5.67. The number of fused-ring (bicyclic) bond motifs is 2. The van der Waals surface area contributed by atoms with Gasteiger partial charge in [0, 0.05) is 23.9 Å². The van der Waals surface area contributed by atoms with Crippen molar-refractivity contribution < 1.29 is 29.4 Å². The maximum Gasteiger partial charge on any atom is 0.337 e. The van der Waals surface area contributed by atoms with Crippen LogP contribution >= 0.6 is 0 Å². The zero-order chi connectivity index (χ0) is 28.6. The fourth-order valence-corrected chi connectivity index (χ4v) is 5.67. The van der Waals surface area contributed by atoms with Crippen molar-refractivity contribution in [3.8, 4) is 0 Å². The van der Waals surface area contributed by atoms with E-state index in [1.165, 1.54) is 6.07 Å². The van der Waals surface area contributed by atoms with Crippen molar-refractivity contribution in [1.82, 2.24) is 10.6 Å². The molecule has 0 unspecified atom stereocenters. The van der Waals surface area contributed by atoms with E-state index in [-0.39, 0.29) is 28.6 Å². The van der Waals surface area contributed by atoms with Crippen LogP contribution in [0.4, 0.5) is 0 Å². The maximum absolute atomic E-state index is 14.0. The number of carboxylic acid groups (broad SMARTS) is 2. The van der Waals surface area contributed by atoms with Crippen LogP contribution in [0, 0.1) is 0 Å². The third-order valence-corrected chi connectivity index (χ3v) is 7.45. The van der Waals surface area contributed by atoms with Crippen molar-refractivity contribution in [2.75, 3.05) is 13.1 Å². The topological polar surface area (TPSA) is 133 Å². The Kier molecular flexibility index (Phi) is 7.26. The largest absolute Gasteiger partial charge is 0.478 e. The average molecular weight is 539 g/mol. The molecule has 2 amide bonds. The van der Waals surface area contributed by atoms with Crippen LogP contribution < -0.4 is 10.6 Å². The average Bonchev–Trinajstić information content (AvgIpc) is 2.94. The Labute approximate surface area is 230 Å². The van der Waals surface area contributed by atoms with Crippen LogP contribution in [0.15, 0.2) is 48.5 Å². The molecule has 0 heterocycles. The highest BCUT2D eigenvalue weighted by atomic mass is 16.4. The molecule has 8 heteroatoms. The number of aromatic carboxylic acids is 2. The molecular weight excluding hydrogens is 508 g/mol. The summed E-state index contributed by atoms with van der Waals surface area (Å²) in [5.74, 6) is -4.10. The number of carbonyl (C=O) groups is 4. The SMILES string of the molecule is CCCCNC(=O)c1c(C(=O)O)c2c(C(=O)O)ccc3c4cccc5cccc(c(c1C(=O)NCCCC)c23)c54. The highest BCUT2D eigenvalue weighted by Gasteiger charge is 2.33. The Morgan fingerprint density at radius 3 is 1.75 bits per heavy atom. The molecule has 0 saturated carbocycles. The van der Waals surface area contributed by atoms with Gasteiger partial charge in [0.25, 0.3) is 11.8 Å². The molecule has 4 N–H and O–H groups in total. The molecule has 0 aliphatic carbocycles. The van der Waals surface area contributed by atoms with Crippen LogP contribution in [0.2, 0.25) is 0 Å². The summed E-state index contributed by atoms with van der Waals surface area (Å²) in [5, 5.41) is 30.8. The van der Waals surface area contributed by atoms with E-state index >= 15 is 0 Å². The highest BCUT2D eigenvalue weighted by molar-refractivity contribution is 6.40. The van der Waals surface area contributed by atoms with Gasteiger partial charge in [-0.2, -0.15) is 0 Å². The molecule has 0 spiro atoms. The first kappa shape index (κ1) is 26.9. The minimum absolute atomic E-state index is 0.0548. The quantitative estimate of drug-likeness (QED) is 0.0952. The van der Waals surface area contributed by atoms with E-state index in [2.05, 4.69) is 10.6 Å². The third-order valence-electron chi connectivity index (χ3n) is 7.45. The number of amides is 2. The Morgan fingerprint density at radius 1 is 0.600 bits per heavy atom. The summed E-state index contributed by atoms with van der Waals surface area (Å²) >= 11 is 0. The van der Waals surface area contributed by atoms with Gasteiger partial charge in [-0.3, -0.25) is 9.59 Å². The molecule has 5 aromatic carbocycles. The van der Waals surface area contributed by atoms with E-state index < -0.39 is 29.3 Å². The van der Waals surface area contributed by atoms with Gasteiger partial charge in [0.05, 0.1) is 22.3 Å². The van der Waals surface area contributed by atoms with Gasteiger partial charge in [-0.15, -0.1) is 0 Å². The monoisotopic (exact) mass is 538 g/mol. The van der Waals surface area contributed by atoms with Gasteiger partial charge < -0.3 is 20.8 Å². The summed E-state index contributed by atoms with van der Waals surface area (Å²) in [5.41, 5.74) is -1.11. The summed E-state index contributed by atoms with van der Waals surface area (Å²) < 4.78 is 0. The second-order valence-electron chi connectivity index (χ2n) is 9.95. The number of carboxylic acids is 2. The predicted octanol–water partition coefficient (Wildman–Crippen LogP) is 6.19. The van der Waals surface area contributed by atoms with E-state index in [9.17, 15) is 29.4 Å². The molecule has 5 rings (SSSR count). The van der Waals surface area contributed by atoms with Crippen molar-refractivity contribution in [1.29, 1.82) is 0 Å². The van der Waals surface area contributed by atoms with Crippen LogP contribution in [0.25, 0.3) is 43.1 Å². The molecule has 0 atom stereocenters. The molecule has 40 heavy (non-hydrogen) atoms. The summed E-state index contributed by atoms with van der Waals surface area (Å²) in [7, 11) is 0. The molecule has 0 radical (unpaired) electrons. The lowest BCUT2D eigenvalue weighted by atomic mass is 9.81. The minimum atomic E-state index is -1.48. The predicted molar refractivity (Wildman–Crippen MR) is 156 cm³/mol. The molecule has 0 aromatic heterocycles. The standard InChI is InChI=1S/C32H30N2O6/c1-3-5-15-33-29(35)26-24-20-12-8-10-17-9-7-11-18(22(17)20)19-13-14-21(31(37)38)25(23(19)24)28(32(39)40)27(26)30(36)34-16-6-4-2/h7-14H,3-6,15-16H2,1-2H3,(H,33,35)(H,34,36)(H,37,38)(H,39,40). The molecule has 8 nitrogen and oxygen atoms in total. The Hall–Kier alpha value is -4.72. The lowest BCUT2D eigenvalue weighted by Gasteiger charge is -2.22. The maximum atomic E-state index is 14.0. The first-order valence-corrected chi connectivity index (χ1v) is 13.5. The molecule has 204 valence electrons. The van der Waals surface area contributed by atoms with Crippen LogP contribution in [-0.2, 0) is 0 Å². The zero-order valence-corrected chi connectivity index (χ0v) is 22.4. The van der Waals surface area contributed by atoms with E-state index in [0.717, 1.165) is 29.0 Å². The van der Waals surface area contributed by atoms with Gasteiger partial charge in [0.15, 0.2) is 0 Å². The molecule has 5 aromatic rings. The van der Waals surface area contributed by atoms with Gasteiger partial charge >= 0.3 is 11.9 Å². The Morgan fingerprint density at radius 2 is 1.18 bits per heavy atom. The highest BCUT2D eigenvalue weighted by Crippen LogP contribution is 2.45. The Bertz CT molecular complexity index is 1820. The lowest BCUT2D eigenvalue weighted by molar-refractivity contribution is 0.0692. The van der Waals surface area contributed by atoms with Crippen LogP contribution in [0.3, 0.4) is 0 Å². The number of unbranched alkanes of at least 4 members (excludes halogenated alkanes) is 2. The smallest absolute Gasteiger partial charge is 0.337 e. The van der Waals surface area contributed by atoms with Crippen molar-refractivity contribution in [3.63, 3.8) is 0 Å². The summed E-state index contributed by atoms with van der Waals surface area (Å²) in [6, 6.07) is 14.4. The minimum Gasteiger partial charge on any atom is -0.478 e. The molecule has 0 bridgehead atoms. The first-order valence-electron chi connectivity index (χ1n) is 13.5. The van der Waals surface area contributed by atoms with E-state index in [1.54, 1.807) is 6.07 Å². The van der Waals surface area contributed by atoms with Gasteiger partial charge in [-0.1, -0.05) is 69.2 Å². The molecule has 0 aliphatic rings. The number of hydrogen-bond donors (Lipinski definition) is 4. The lowest BCUT2D eigenvalue weighted by Crippen LogP contribution is -2.33. The number of hydrogen-bond acceptors (Lipinski definition) is 4. The second-order valence-corrected chi connectivity index (χ2v) is 9.95. The van der Waals surface area contributed by atoms with Crippen LogP contribution in [0.5, 0.6) is 0 Å².